The van der Waals surface area contributed by atoms with Crippen molar-refractivity contribution in [2.24, 2.45) is 5.16 Å². The van der Waals surface area contributed by atoms with E-state index in [1.165, 1.54) is 4.80 Å². The molecule has 0 bridgehead atoms. The number of morpholine rings is 1. The number of tetrazole rings is 1. The molecule has 116 valence electrons. The lowest BCUT2D eigenvalue weighted by atomic mass is 10.1. The summed E-state index contributed by atoms with van der Waals surface area (Å²) < 4.78 is 5.29. The number of hydrogen-bond donors (Lipinski definition) is 1. The first-order chi connectivity index (χ1) is 10.8. The molecule has 1 N–H and O–H groups in total. The van der Waals surface area contributed by atoms with Crippen LogP contribution in [-0.4, -0.2) is 57.4 Å². The second-order valence-corrected chi connectivity index (χ2v) is 5.21. The van der Waals surface area contributed by atoms with Gasteiger partial charge in [-0.05, 0) is 17.3 Å². The Bertz CT molecular complexity index is 651. The van der Waals surface area contributed by atoms with Gasteiger partial charge in [-0.1, -0.05) is 34.0 Å². The van der Waals surface area contributed by atoms with Gasteiger partial charge in [0.05, 0.1) is 13.2 Å². The van der Waals surface area contributed by atoms with E-state index in [1.54, 1.807) is 24.3 Å². The van der Waals surface area contributed by atoms with E-state index in [4.69, 9.17) is 16.3 Å². The highest BCUT2D eigenvalue weighted by molar-refractivity contribution is 6.30. The van der Waals surface area contributed by atoms with Crippen molar-refractivity contribution in [3.63, 3.8) is 0 Å². The highest BCUT2D eigenvalue weighted by atomic mass is 35.5. The molecule has 1 fully saturated rings. The molecule has 2 heterocycles. The Morgan fingerprint density at radius 1 is 1.27 bits per heavy atom. The van der Waals surface area contributed by atoms with Crippen LogP contribution in [0.4, 0.5) is 5.95 Å². The fraction of sp³-hybridized carbons (Fsp3) is 0.385. The Morgan fingerprint density at radius 3 is 2.68 bits per heavy atom. The first-order valence-corrected chi connectivity index (χ1v) is 7.21. The fourth-order valence-electron chi connectivity index (χ4n) is 2.15. The molecule has 1 aliphatic rings. The van der Waals surface area contributed by atoms with Gasteiger partial charge in [-0.3, -0.25) is 0 Å². The summed E-state index contributed by atoms with van der Waals surface area (Å²) >= 11 is 5.85. The van der Waals surface area contributed by atoms with E-state index < -0.39 is 0 Å². The Kier molecular flexibility index (Phi) is 4.50. The Morgan fingerprint density at radius 2 is 2.00 bits per heavy atom. The molecule has 0 amide bonds. The number of nitrogens with zero attached hydrogens (tertiary/aromatic N) is 6. The van der Waals surface area contributed by atoms with E-state index >= 15 is 0 Å². The average molecular weight is 323 g/mol. The third-order valence-corrected chi connectivity index (χ3v) is 3.58. The predicted molar refractivity (Wildman–Crippen MR) is 80.6 cm³/mol. The van der Waals surface area contributed by atoms with Crippen molar-refractivity contribution in [1.82, 2.24) is 20.2 Å². The topological polar surface area (TPSA) is 88.7 Å². The molecular weight excluding hydrogens is 308 g/mol. The molecular formula is C13H15ClN6O2. The number of halogens is 1. The minimum Gasteiger partial charge on any atom is -0.411 e. The Hall–Kier alpha value is -2.19. The van der Waals surface area contributed by atoms with Crippen molar-refractivity contribution >= 4 is 23.3 Å². The summed E-state index contributed by atoms with van der Waals surface area (Å²) in [6, 6.07) is 7.01. The van der Waals surface area contributed by atoms with Crippen LogP contribution < -0.4 is 4.90 Å². The van der Waals surface area contributed by atoms with Gasteiger partial charge in [0.15, 0.2) is 0 Å². The molecule has 1 aromatic heterocycles. The van der Waals surface area contributed by atoms with Gasteiger partial charge in [0.2, 0.25) is 0 Å². The van der Waals surface area contributed by atoms with Crippen molar-refractivity contribution < 1.29 is 9.94 Å². The molecule has 0 spiro atoms. The maximum atomic E-state index is 9.20. The summed E-state index contributed by atoms with van der Waals surface area (Å²) in [5.41, 5.74) is 1.18. The van der Waals surface area contributed by atoms with Crippen LogP contribution in [0.25, 0.3) is 0 Å². The first kappa shape index (κ1) is 14.7. The van der Waals surface area contributed by atoms with Gasteiger partial charge in [-0.15, -0.1) is 5.10 Å². The maximum Gasteiger partial charge on any atom is 0.266 e. The zero-order chi connectivity index (χ0) is 15.4. The minimum absolute atomic E-state index is 0.218. The van der Waals surface area contributed by atoms with Crippen molar-refractivity contribution in [2.75, 3.05) is 31.2 Å². The van der Waals surface area contributed by atoms with E-state index in [0.717, 1.165) is 18.7 Å². The molecule has 0 unspecified atom stereocenters. The highest BCUT2D eigenvalue weighted by Gasteiger charge is 2.16. The summed E-state index contributed by atoms with van der Waals surface area (Å²) in [4.78, 5) is 3.40. The van der Waals surface area contributed by atoms with Crippen LogP contribution in [0.15, 0.2) is 29.4 Å². The largest absolute Gasteiger partial charge is 0.411 e. The Balaban J connectivity index is 1.71. The number of rotatable bonds is 4. The summed E-state index contributed by atoms with van der Waals surface area (Å²) in [5, 5.41) is 25.5. The van der Waals surface area contributed by atoms with Crippen LogP contribution in [0.3, 0.4) is 0 Å². The summed E-state index contributed by atoms with van der Waals surface area (Å²) in [6.07, 6.45) is 0. The van der Waals surface area contributed by atoms with Gasteiger partial charge in [-0.25, -0.2) is 0 Å². The van der Waals surface area contributed by atoms with Gasteiger partial charge >= 0.3 is 0 Å². The lowest BCUT2D eigenvalue weighted by Gasteiger charge is -2.24. The normalized spacial score (nSPS) is 16.0. The van der Waals surface area contributed by atoms with Gasteiger partial charge in [0, 0.05) is 23.7 Å². The SMILES string of the molecule is ON=C(Cn1nnc(N2CCOCC2)n1)c1ccc(Cl)cc1. The van der Waals surface area contributed by atoms with Crippen LogP contribution in [0.1, 0.15) is 5.56 Å². The first-order valence-electron chi connectivity index (χ1n) is 6.83. The molecule has 1 aliphatic heterocycles. The van der Waals surface area contributed by atoms with Crippen molar-refractivity contribution in [2.45, 2.75) is 6.54 Å². The molecule has 1 aromatic carbocycles. The third kappa shape index (κ3) is 3.34. The van der Waals surface area contributed by atoms with E-state index in [1.807, 2.05) is 4.90 Å². The summed E-state index contributed by atoms with van der Waals surface area (Å²) in [6.45, 7) is 3.01. The van der Waals surface area contributed by atoms with Crippen LogP contribution in [0, 0.1) is 0 Å². The zero-order valence-electron chi connectivity index (χ0n) is 11.8. The average Bonchev–Trinajstić information content (AvgIpc) is 3.03. The van der Waals surface area contributed by atoms with Gasteiger partial charge in [0.25, 0.3) is 5.95 Å². The molecule has 0 aliphatic carbocycles. The molecule has 0 atom stereocenters. The van der Waals surface area contributed by atoms with Crippen molar-refractivity contribution in [3.8, 4) is 0 Å². The van der Waals surface area contributed by atoms with Crippen LogP contribution in [0.5, 0.6) is 0 Å². The number of anilines is 1. The molecule has 8 nitrogen and oxygen atoms in total. The second kappa shape index (κ2) is 6.71. The quantitative estimate of drug-likeness (QED) is 0.514. The number of benzene rings is 1. The van der Waals surface area contributed by atoms with Crippen molar-refractivity contribution in [1.29, 1.82) is 0 Å². The number of hydrogen-bond acceptors (Lipinski definition) is 7. The lowest BCUT2D eigenvalue weighted by molar-refractivity contribution is 0.122. The predicted octanol–water partition coefficient (Wildman–Crippen LogP) is 1.04. The molecule has 1 saturated heterocycles. The van der Waals surface area contributed by atoms with Crippen LogP contribution >= 0.6 is 11.6 Å². The van der Waals surface area contributed by atoms with Crippen LogP contribution in [-0.2, 0) is 11.3 Å². The van der Waals surface area contributed by atoms with Gasteiger partial charge < -0.3 is 14.8 Å². The van der Waals surface area contributed by atoms with Crippen LogP contribution in [0.2, 0.25) is 5.02 Å². The van der Waals surface area contributed by atoms with E-state index in [-0.39, 0.29) is 6.54 Å². The third-order valence-electron chi connectivity index (χ3n) is 3.33. The smallest absolute Gasteiger partial charge is 0.266 e. The van der Waals surface area contributed by atoms with E-state index in [0.29, 0.717) is 29.9 Å². The zero-order valence-corrected chi connectivity index (χ0v) is 12.5. The number of aromatic nitrogens is 4. The number of ether oxygens (including phenoxy) is 1. The maximum absolute atomic E-state index is 9.20. The standard InChI is InChI=1S/C13H15ClN6O2/c14-11-3-1-10(2-4-11)12(17-21)9-20-16-13(15-18-20)19-5-7-22-8-6-19/h1-4,21H,5-9H2. The Labute approximate surface area is 131 Å². The molecule has 0 saturated carbocycles. The molecule has 22 heavy (non-hydrogen) atoms. The van der Waals surface area contributed by atoms with E-state index in [2.05, 4.69) is 20.6 Å². The lowest BCUT2D eigenvalue weighted by Crippen LogP contribution is -2.37. The van der Waals surface area contributed by atoms with Crippen molar-refractivity contribution in [3.05, 3.63) is 34.9 Å². The fourth-order valence-corrected chi connectivity index (χ4v) is 2.27. The van der Waals surface area contributed by atoms with Gasteiger partial charge in [-0.2, -0.15) is 4.80 Å². The van der Waals surface area contributed by atoms with E-state index in [9.17, 15) is 5.21 Å². The highest BCUT2D eigenvalue weighted by Crippen LogP contribution is 2.12. The number of oxime groups is 1. The molecule has 3 rings (SSSR count). The second-order valence-electron chi connectivity index (χ2n) is 4.77. The van der Waals surface area contributed by atoms with Gasteiger partial charge in [0.1, 0.15) is 12.3 Å². The monoisotopic (exact) mass is 322 g/mol. The summed E-state index contributed by atoms with van der Waals surface area (Å²) in [5.74, 6) is 0.552. The minimum atomic E-state index is 0.218. The molecule has 9 heteroatoms. The summed E-state index contributed by atoms with van der Waals surface area (Å²) in [7, 11) is 0. The molecule has 2 aromatic rings. The molecule has 0 radical (unpaired) electrons.